The van der Waals surface area contributed by atoms with Crippen molar-refractivity contribution < 1.29 is 4.79 Å². The van der Waals surface area contributed by atoms with Crippen molar-refractivity contribution in [2.75, 3.05) is 5.32 Å². The molecule has 104 valence electrons. The Labute approximate surface area is 121 Å². The average Bonchev–Trinajstić information content (AvgIpc) is 2.98. The molecule has 0 fully saturated rings. The second-order valence-electron chi connectivity index (χ2n) is 4.50. The molecule has 2 N–H and O–H groups in total. The Morgan fingerprint density at radius 3 is 2.43 bits per heavy atom. The lowest BCUT2D eigenvalue weighted by atomic mass is 10.2. The molecule has 0 saturated carbocycles. The van der Waals surface area contributed by atoms with Gasteiger partial charge in [0.2, 0.25) is 5.91 Å². The fraction of sp³-hybridized carbons (Fsp3) is 0.0667. The standard InChI is InChI=1S/C15H13N5O/c1-10(21)17-13-4-2-11(3-5-13)14-18-15(20-19-14)12-6-8-16-9-7-12/h2-9H,1H3,(H,17,21)(H,18,19,20). The van der Waals surface area contributed by atoms with E-state index in [9.17, 15) is 4.79 Å². The quantitative estimate of drug-likeness (QED) is 0.771. The van der Waals surface area contributed by atoms with Gasteiger partial charge in [-0.3, -0.25) is 14.9 Å². The summed E-state index contributed by atoms with van der Waals surface area (Å²) in [4.78, 5) is 19.4. The van der Waals surface area contributed by atoms with Gasteiger partial charge in [-0.1, -0.05) is 0 Å². The predicted molar refractivity (Wildman–Crippen MR) is 79.4 cm³/mol. The minimum atomic E-state index is -0.0967. The zero-order valence-corrected chi connectivity index (χ0v) is 11.4. The lowest BCUT2D eigenvalue weighted by molar-refractivity contribution is -0.114. The molecular formula is C15H13N5O. The van der Waals surface area contributed by atoms with Gasteiger partial charge in [0, 0.05) is 36.1 Å². The van der Waals surface area contributed by atoms with Crippen LogP contribution in [0.25, 0.3) is 22.8 Å². The van der Waals surface area contributed by atoms with E-state index in [0.29, 0.717) is 11.6 Å². The van der Waals surface area contributed by atoms with Crippen LogP contribution in [-0.4, -0.2) is 26.1 Å². The first-order chi connectivity index (χ1) is 10.2. The maximum atomic E-state index is 11.0. The Morgan fingerprint density at radius 2 is 1.76 bits per heavy atom. The van der Waals surface area contributed by atoms with Gasteiger partial charge in [0.25, 0.3) is 0 Å². The highest BCUT2D eigenvalue weighted by Gasteiger charge is 2.07. The number of nitrogens with zero attached hydrogens (tertiary/aromatic N) is 3. The van der Waals surface area contributed by atoms with Crippen LogP contribution in [0.4, 0.5) is 5.69 Å². The molecule has 21 heavy (non-hydrogen) atoms. The number of hydrogen-bond acceptors (Lipinski definition) is 4. The van der Waals surface area contributed by atoms with Crippen molar-refractivity contribution in [3.8, 4) is 22.8 Å². The molecule has 0 aliphatic rings. The molecule has 0 aliphatic carbocycles. The highest BCUT2D eigenvalue weighted by molar-refractivity contribution is 5.88. The van der Waals surface area contributed by atoms with Crippen molar-refractivity contribution in [2.24, 2.45) is 0 Å². The van der Waals surface area contributed by atoms with Gasteiger partial charge in [0.05, 0.1) is 0 Å². The van der Waals surface area contributed by atoms with Crippen LogP contribution in [0.15, 0.2) is 48.8 Å². The molecule has 0 unspecified atom stereocenters. The van der Waals surface area contributed by atoms with Crippen molar-refractivity contribution in [2.45, 2.75) is 6.92 Å². The molecule has 0 saturated heterocycles. The molecule has 0 aliphatic heterocycles. The number of carbonyl (C=O) groups excluding carboxylic acids is 1. The summed E-state index contributed by atoms with van der Waals surface area (Å²) in [7, 11) is 0. The van der Waals surface area contributed by atoms with E-state index in [2.05, 4.69) is 25.5 Å². The molecule has 0 spiro atoms. The van der Waals surface area contributed by atoms with Gasteiger partial charge in [-0.05, 0) is 36.4 Å². The SMILES string of the molecule is CC(=O)Nc1ccc(-c2n[nH]c(-c3ccncc3)n2)cc1. The summed E-state index contributed by atoms with van der Waals surface area (Å²) in [6, 6.07) is 11.1. The van der Waals surface area contributed by atoms with E-state index >= 15 is 0 Å². The number of nitrogens with one attached hydrogen (secondary N) is 2. The molecule has 6 nitrogen and oxygen atoms in total. The first-order valence-corrected chi connectivity index (χ1v) is 6.43. The summed E-state index contributed by atoms with van der Waals surface area (Å²) >= 11 is 0. The number of anilines is 1. The van der Waals surface area contributed by atoms with Crippen LogP contribution >= 0.6 is 0 Å². The number of hydrogen-bond donors (Lipinski definition) is 2. The average molecular weight is 279 g/mol. The third-order valence-electron chi connectivity index (χ3n) is 2.90. The van der Waals surface area contributed by atoms with Crippen molar-refractivity contribution in [1.29, 1.82) is 0 Å². The van der Waals surface area contributed by atoms with Crippen LogP contribution in [0.1, 0.15) is 6.92 Å². The van der Waals surface area contributed by atoms with Crippen molar-refractivity contribution in [1.82, 2.24) is 20.2 Å². The Kier molecular flexibility index (Phi) is 3.42. The fourth-order valence-electron chi connectivity index (χ4n) is 1.94. The molecule has 0 bridgehead atoms. The van der Waals surface area contributed by atoms with Gasteiger partial charge < -0.3 is 5.32 Å². The summed E-state index contributed by atoms with van der Waals surface area (Å²) < 4.78 is 0. The van der Waals surface area contributed by atoms with Gasteiger partial charge in [-0.25, -0.2) is 4.98 Å². The molecule has 3 rings (SSSR count). The fourth-order valence-corrected chi connectivity index (χ4v) is 1.94. The maximum Gasteiger partial charge on any atom is 0.221 e. The zero-order valence-electron chi connectivity index (χ0n) is 11.4. The lowest BCUT2D eigenvalue weighted by Crippen LogP contribution is -2.05. The zero-order chi connectivity index (χ0) is 14.7. The predicted octanol–water partition coefficient (Wildman–Crippen LogP) is 2.49. The minimum absolute atomic E-state index is 0.0967. The van der Waals surface area contributed by atoms with Crippen molar-refractivity contribution in [3.05, 3.63) is 48.8 Å². The Balaban J connectivity index is 1.85. The van der Waals surface area contributed by atoms with E-state index in [1.807, 2.05) is 36.4 Å². The first kappa shape index (κ1) is 13.0. The molecule has 6 heteroatoms. The molecule has 1 amide bonds. The second-order valence-corrected chi connectivity index (χ2v) is 4.50. The van der Waals surface area contributed by atoms with Gasteiger partial charge >= 0.3 is 0 Å². The third-order valence-corrected chi connectivity index (χ3v) is 2.90. The van der Waals surface area contributed by atoms with Crippen LogP contribution in [0.5, 0.6) is 0 Å². The van der Waals surface area contributed by atoms with Crippen LogP contribution in [-0.2, 0) is 4.79 Å². The summed E-state index contributed by atoms with van der Waals surface area (Å²) in [6.45, 7) is 1.48. The second kappa shape index (κ2) is 5.54. The molecule has 0 atom stereocenters. The molecule has 3 aromatic rings. The van der Waals surface area contributed by atoms with E-state index in [-0.39, 0.29) is 5.91 Å². The summed E-state index contributed by atoms with van der Waals surface area (Å²) in [5.74, 6) is 1.20. The summed E-state index contributed by atoms with van der Waals surface area (Å²) in [5, 5.41) is 9.84. The summed E-state index contributed by atoms with van der Waals surface area (Å²) in [5.41, 5.74) is 2.55. The number of pyridine rings is 1. The first-order valence-electron chi connectivity index (χ1n) is 6.43. The summed E-state index contributed by atoms with van der Waals surface area (Å²) in [6.07, 6.45) is 3.42. The smallest absolute Gasteiger partial charge is 0.221 e. The molecule has 0 radical (unpaired) electrons. The monoisotopic (exact) mass is 279 g/mol. The van der Waals surface area contributed by atoms with Crippen LogP contribution in [0, 0.1) is 0 Å². The molecular weight excluding hydrogens is 266 g/mol. The molecule has 1 aromatic carbocycles. The topological polar surface area (TPSA) is 83.6 Å². The highest BCUT2D eigenvalue weighted by atomic mass is 16.1. The number of amides is 1. The number of H-pyrrole nitrogens is 1. The van der Waals surface area contributed by atoms with E-state index < -0.39 is 0 Å². The minimum Gasteiger partial charge on any atom is -0.326 e. The van der Waals surface area contributed by atoms with Gasteiger partial charge in [0.15, 0.2) is 11.6 Å². The van der Waals surface area contributed by atoms with E-state index in [1.165, 1.54) is 6.92 Å². The highest BCUT2D eigenvalue weighted by Crippen LogP contribution is 2.21. The molecule has 2 aromatic heterocycles. The van der Waals surface area contributed by atoms with Crippen molar-refractivity contribution >= 4 is 11.6 Å². The van der Waals surface area contributed by atoms with Gasteiger partial charge in [-0.2, -0.15) is 5.10 Å². The normalized spacial score (nSPS) is 10.3. The Morgan fingerprint density at radius 1 is 1.05 bits per heavy atom. The number of aromatic nitrogens is 4. The van der Waals surface area contributed by atoms with E-state index in [1.54, 1.807) is 12.4 Å². The maximum absolute atomic E-state index is 11.0. The molecule has 2 heterocycles. The lowest BCUT2D eigenvalue weighted by Gasteiger charge is -2.01. The third kappa shape index (κ3) is 2.94. The van der Waals surface area contributed by atoms with Crippen LogP contribution < -0.4 is 5.32 Å². The van der Waals surface area contributed by atoms with Crippen molar-refractivity contribution in [3.63, 3.8) is 0 Å². The Hall–Kier alpha value is -3.02. The number of aromatic amines is 1. The van der Waals surface area contributed by atoms with E-state index in [0.717, 1.165) is 16.8 Å². The largest absolute Gasteiger partial charge is 0.326 e. The number of carbonyl (C=O) groups is 1. The number of rotatable bonds is 3. The van der Waals surface area contributed by atoms with Gasteiger partial charge in [0.1, 0.15) is 0 Å². The Bertz CT molecular complexity index is 749. The van der Waals surface area contributed by atoms with Gasteiger partial charge in [-0.15, -0.1) is 0 Å². The van der Waals surface area contributed by atoms with Crippen LogP contribution in [0.3, 0.4) is 0 Å². The van der Waals surface area contributed by atoms with E-state index in [4.69, 9.17) is 0 Å². The van der Waals surface area contributed by atoms with Crippen LogP contribution in [0.2, 0.25) is 0 Å². The number of benzene rings is 1.